The number of benzene rings is 3. The molecule has 0 saturated heterocycles. The van der Waals surface area contributed by atoms with E-state index >= 15 is 0 Å². The van der Waals surface area contributed by atoms with Crippen LogP contribution in [0.25, 0.3) is 0 Å². The maximum Gasteiger partial charge on any atom is 0.172 e. The zero-order valence-electron chi connectivity index (χ0n) is 19.8. The van der Waals surface area contributed by atoms with Crippen LogP contribution in [0.3, 0.4) is 0 Å². The van der Waals surface area contributed by atoms with Gasteiger partial charge in [0.25, 0.3) is 0 Å². The summed E-state index contributed by atoms with van der Waals surface area (Å²) >= 11 is 0. The molecule has 0 saturated carbocycles. The largest absolute Gasteiger partial charge is 0.172 e. The number of hydrogen-bond acceptors (Lipinski definition) is 0. The molecule has 0 spiro atoms. The molecular weight excluding hydrogens is 368 g/mol. The van der Waals surface area contributed by atoms with Gasteiger partial charge in [-0.15, -0.1) is 0 Å². The standard InChI is InChI=1S/C28H35S/c1-16-18(3)22(7)27(23(8)19(16)4)29(26-14-12-11-13-15-26)28-24(9)20(5)17(2)21(6)25(28)10/h11-15H,1-10H3/q+1. The Bertz CT molecular complexity index is 960. The van der Waals surface area contributed by atoms with E-state index in [1.165, 1.54) is 70.3 Å². The smallest absolute Gasteiger partial charge is 0.0619 e. The fourth-order valence-corrected chi connectivity index (χ4v) is 7.38. The monoisotopic (exact) mass is 403 g/mol. The Morgan fingerprint density at radius 1 is 0.379 bits per heavy atom. The van der Waals surface area contributed by atoms with Crippen LogP contribution >= 0.6 is 0 Å². The van der Waals surface area contributed by atoms with Gasteiger partial charge in [0.15, 0.2) is 14.7 Å². The first-order valence-electron chi connectivity index (χ1n) is 10.5. The van der Waals surface area contributed by atoms with Crippen molar-refractivity contribution in [1.29, 1.82) is 0 Å². The highest BCUT2D eigenvalue weighted by Crippen LogP contribution is 2.43. The van der Waals surface area contributed by atoms with Crippen molar-refractivity contribution in [3.05, 3.63) is 86.0 Å². The van der Waals surface area contributed by atoms with Gasteiger partial charge in [-0.1, -0.05) is 18.2 Å². The molecule has 0 bridgehead atoms. The molecule has 3 rings (SSSR count). The Balaban J connectivity index is 2.50. The third-order valence-electron chi connectivity index (χ3n) is 7.25. The van der Waals surface area contributed by atoms with Crippen LogP contribution in [0.15, 0.2) is 45.0 Å². The minimum absolute atomic E-state index is 0.119. The normalized spacial score (nSPS) is 11.4. The van der Waals surface area contributed by atoms with Crippen molar-refractivity contribution in [2.45, 2.75) is 83.9 Å². The SMILES string of the molecule is Cc1c(C)c(C)c([S+](c2ccccc2)c2c(C)c(C)c(C)c(C)c2C)c(C)c1C. The molecule has 0 N–H and O–H groups in total. The van der Waals surface area contributed by atoms with Gasteiger partial charge in [0.05, 0.1) is 0 Å². The Morgan fingerprint density at radius 2 is 0.655 bits per heavy atom. The lowest BCUT2D eigenvalue weighted by Gasteiger charge is -2.22. The first-order chi connectivity index (χ1) is 13.6. The summed E-state index contributed by atoms with van der Waals surface area (Å²) in [5, 5.41) is 0. The van der Waals surface area contributed by atoms with Crippen LogP contribution in [0.2, 0.25) is 0 Å². The lowest BCUT2D eigenvalue weighted by atomic mass is 9.95. The lowest BCUT2D eigenvalue weighted by Crippen LogP contribution is -2.16. The maximum absolute atomic E-state index is 2.33. The molecule has 0 aliphatic carbocycles. The van der Waals surface area contributed by atoms with Crippen LogP contribution in [0.1, 0.15) is 55.6 Å². The molecule has 1 heteroatoms. The summed E-state index contributed by atoms with van der Waals surface area (Å²) in [6.07, 6.45) is 0. The third-order valence-corrected chi connectivity index (χ3v) is 10.0. The molecule has 0 atom stereocenters. The second-order valence-electron chi connectivity index (χ2n) is 8.53. The minimum atomic E-state index is -0.119. The van der Waals surface area contributed by atoms with E-state index in [1.54, 1.807) is 0 Å². The van der Waals surface area contributed by atoms with Crippen molar-refractivity contribution >= 4 is 10.9 Å². The highest BCUT2D eigenvalue weighted by Gasteiger charge is 2.37. The summed E-state index contributed by atoms with van der Waals surface area (Å²) in [5.41, 5.74) is 14.4. The lowest BCUT2D eigenvalue weighted by molar-refractivity contribution is 1.05. The molecule has 0 aromatic heterocycles. The zero-order valence-corrected chi connectivity index (χ0v) is 20.6. The summed E-state index contributed by atoms with van der Waals surface area (Å²) in [6.45, 7) is 23.0. The van der Waals surface area contributed by atoms with Crippen LogP contribution in [0.5, 0.6) is 0 Å². The molecule has 3 aromatic carbocycles. The van der Waals surface area contributed by atoms with Crippen molar-refractivity contribution < 1.29 is 0 Å². The minimum Gasteiger partial charge on any atom is -0.0619 e. The van der Waals surface area contributed by atoms with E-state index in [2.05, 4.69) is 99.6 Å². The van der Waals surface area contributed by atoms with Crippen LogP contribution in [0.4, 0.5) is 0 Å². The van der Waals surface area contributed by atoms with E-state index in [0.717, 1.165) is 0 Å². The van der Waals surface area contributed by atoms with Gasteiger partial charge in [-0.05, 0) is 115 Å². The van der Waals surface area contributed by atoms with Gasteiger partial charge in [-0.25, -0.2) is 0 Å². The molecule has 0 fully saturated rings. The average molecular weight is 404 g/mol. The molecule has 29 heavy (non-hydrogen) atoms. The predicted octanol–water partition coefficient (Wildman–Crippen LogP) is 7.87. The van der Waals surface area contributed by atoms with Gasteiger partial charge in [-0.3, -0.25) is 0 Å². The van der Waals surface area contributed by atoms with Gasteiger partial charge in [0.2, 0.25) is 0 Å². The molecule has 0 heterocycles. The van der Waals surface area contributed by atoms with E-state index in [-0.39, 0.29) is 10.9 Å². The first-order valence-corrected chi connectivity index (χ1v) is 11.7. The van der Waals surface area contributed by atoms with Gasteiger partial charge in [-0.2, -0.15) is 0 Å². The Labute approximate surface area is 180 Å². The van der Waals surface area contributed by atoms with Crippen molar-refractivity contribution in [1.82, 2.24) is 0 Å². The van der Waals surface area contributed by atoms with Gasteiger partial charge in [0, 0.05) is 22.3 Å². The second-order valence-corrected chi connectivity index (χ2v) is 10.4. The zero-order chi connectivity index (χ0) is 21.6. The van der Waals surface area contributed by atoms with Crippen LogP contribution in [0, 0.1) is 69.2 Å². The average Bonchev–Trinajstić information content (AvgIpc) is 2.73. The van der Waals surface area contributed by atoms with Crippen LogP contribution in [-0.4, -0.2) is 0 Å². The Morgan fingerprint density at radius 3 is 0.966 bits per heavy atom. The quantitative estimate of drug-likeness (QED) is 0.390. The molecule has 0 radical (unpaired) electrons. The fraction of sp³-hybridized carbons (Fsp3) is 0.357. The number of hydrogen-bond donors (Lipinski definition) is 0. The van der Waals surface area contributed by atoms with Crippen LogP contribution < -0.4 is 0 Å². The predicted molar refractivity (Wildman–Crippen MR) is 129 cm³/mol. The van der Waals surface area contributed by atoms with Crippen LogP contribution in [-0.2, 0) is 10.9 Å². The summed E-state index contributed by atoms with van der Waals surface area (Å²) < 4.78 is 0. The first kappa shape index (κ1) is 21.7. The second kappa shape index (κ2) is 8.03. The fourth-order valence-electron chi connectivity index (χ4n) is 4.44. The van der Waals surface area contributed by atoms with E-state index in [4.69, 9.17) is 0 Å². The van der Waals surface area contributed by atoms with Crippen molar-refractivity contribution in [3.8, 4) is 0 Å². The molecule has 0 unspecified atom stereocenters. The summed E-state index contributed by atoms with van der Waals surface area (Å²) in [6, 6.07) is 11.1. The van der Waals surface area contributed by atoms with Gasteiger partial charge < -0.3 is 0 Å². The summed E-state index contributed by atoms with van der Waals surface area (Å²) in [7, 11) is -0.119. The van der Waals surface area contributed by atoms with Crippen molar-refractivity contribution in [3.63, 3.8) is 0 Å². The third kappa shape index (κ3) is 3.44. The van der Waals surface area contributed by atoms with Gasteiger partial charge in [0.1, 0.15) is 10.9 Å². The molecule has 3 aromatic rings. The highest BCUT2D eigenvalue weighted by atomic mass is 32.2. The maximum atomic E-state index is 2.33. The molecular formula is C28H35S+. The molecule has 0 nitrogen and oxygen atoms in total. The van der Waals surface area contributed by atoms with Crippen molar-refractivity contribution in [2.24, 2.45) is 0 Å². The van der Waals surface area contributed by atoms with E-state index in [1.807, 2.05) is 0 Å². The molecule has 0 aliphatic rings. The van der Waals surface area contributed by atoms with Gasteiger partial charge >= 0.3 is 0 Å². The topological polar surface area (TPSA) is 0 Å². The summed E-state index contributed by atoms with van der Waals surface area (Å²) in [4.78, 5) is 4.45. The van der Waals surface area contributed by atoms with E-state index in [0.29, 0.717) is 0 Å². The van der Waals surface area contributed by atoms with E-state index in [9.17, 15) is 0 Å². The summed E-state index contributed by atoms with van der Waals surface area (Å²) in [5.74, 6) is 0. The number of rotatable bonds is 3. The Kier molecular flexibility index (Phi) is 6.01. The highest BCUT2D eigenvalue weighted by molar-refractivity contribution is 7.97. The van der Waals surface area contributed by atoms with E-state index < -0.39 is 0 Å². The molecule has 0 amide bonds. The van der Waals surface area contributed by atoms with Crippen molar-refractivity contribution in [2.75, 3.05) is 0 Å². The molecule has 152 valence electrons. The molecule has 0 aliphatic heterocycles. The Hall–Kier alpha value is -1.99.